The van der Waals surface area contributed by atoms with Gasteiger partial charge in [0.15, 0.2) is 0 Å². The summed E-state index contributed by atoms with van der Waals surface area (Å²) < 4.78 is 0. The molecule has 2 heteroatoms. The lowest BCUT2D eigenvalue weighted by atomic mass is 9.79. The van der Waals surface area contributed by atoms with Crippen molar-refractivity contribution in [1.82, 2.24) is 0 Å². The van der Waals surface area contributed by atoms with E-state index in [2.05, 4.69) is 43.9 Å². The van der Waals surface area contributed by atoms with E-state index in [1.54, 1.807) is 0 Å². The van der Waals surface area contributed by atoms with Crippen molar-refractivity contribution in [3.8, 4) is 0 Å². The first-order valence-corrected chi connectivity index (χ1v) is 9.77. The van der Waals surface area contributed by atoms with Crippen molar-refractivity contribution in [2.45, 2.75) is 45.0 Å². The fourth-order valence-electron chi connectivity index (χ4n) is 2.21. The zero-order chi connectivity index (χ0) is 11.8. The fourth-order valence-corrected chi connectivity index (χ4v) is 3.37. The standard InChI is InChI=1S/C14H22OSi/c1-16(2,3)13-9-7-12(8-10-13)14(15)11-5-4-6-11/h7-11,14-15H,4-6H2,1-3H3. The average Bonchev–Trinajstić information content (AvgIpc) is 2.14. The molecular weight excluding hydrogens is 212 g/mol. The third kappa shape index (κ3) is 2.38. The first-order valence-electron chi connectivity index (χ1n) is 6.27. The Morgan fingerprint density at radius 3 is 2.06 bits per heavy atom. The predicted octanol–water partition coefficient (Wildman–Crippen LogP) is 3.07. The Labute approximate surface area is 99.5 Å². The number of hydrogen-bond acceptors (Lipinski definition) is 1. The van der Waals surface area contributed by atoms with Crippen LogP contribution in [0.3, 0.4) is 0 Å². The maximum atomic E-state index is 10.1. The SMILES string of the molecule is C[Si](C)(C)c1ccc(C(O)C2CCC2)cc1. The van der Waals surface area contributed by atoms with E-state index < -0.39 is 8.07 Å². The van der Waals surface area contributed by atoms with Gasteiger partial charge in [0.2, 0.25) is 0 Å². The van der Waals surface area contributed by atoms with Crippen molar-refractivity contribution in [3.05, 3.63) is 29.8 Å². The van der Waals surface area contributed by atoms with Gasteiger partial charge in [-0.05, 0) is 24.3 Å². The predicted molar refractivity (Wildman–Crippen MR) is 71.7 cm³/mol. The van der Waals surface area contributed by atoms with Crippen LogP contribution in [-0.2, 0) is 0 Å². The van der Waals surface area contributed by atoms with Gasteiger partial charge in [0.25, 0.3) is 0 Å². The van der Waals surface area contributed by atoms with E-state index >= 15 is 0 Å². The molecule has 0 saturated heterocycles. The number of aliphatic hydroxyl groups excluding tert-OH is 1. The largest absolute Gasteiger partial charge is 0.388 e. The number of rotatable bonds is 3. The summed E-state index contributed by atoms with van der Waals surface area (Å²) in [4.78, 5) is 0. The number of hydrogen-bond donors (Lipinski definition) is 1. The normalized spacial score (nSPS) is 19.2. The van der Waals surface area contributed by atoms with Gasteiger partial charge >= 0.3 is 0 Å². The van der Waals surface area contributed by atoms with Gasteiger partial charge in [0.1, 0.15) is 0 Å². The second-order valence-electron chi connectivity index (χ2n) is 6.01. The molecule has 16 heavy (non-hydrogen) atoms. The van der Waals surface area contributed by atoms with Crippen LogP contribution in [0, 0.1) is 5.92 Å². The molecule has 1 aromatic rings. The third-order valence-corrected chi connectivity index (χ3v) is 5.78. The first kappa shape index (κ1) is 11.9. The molecule has 2 rings (SSSR count). The molecule has 1 nitrogen and oxygen atoms in total. The van der Waals surface area contributed by atoms with Gasteiger partial charge < -0.3 is 5.11 Å². The highest BCUT2D eigenvalue weighted by atomic mass is 28.3. The van der Waals surface area contributed by atoms with Gasteiger partial charge in [-0.15, -0.1) is 0 Å². The summed E-state index contributed by atoms with van der Waals surface area (Å²) in [5, 5.41) is 11.6. The first-order chi connectivity index (χ1) is 7.48. The van der Waals surface area contributed by atoms with Crippen LogP contribution in [0.25, 0.3) is 0 Å². The Morgan fingerprint density at radius 2 is 1.69 bits per heavy atom. The smallest absolute Gasteiger partial charge is 0.0818 e. The van der Waals surface area contributed by atoms with Gasteiger partial charge in [-0.1, -0.05) is 55.5 Å². The topological polar surface area (TPSA) is 20.2 Å². The minimum atomic E-state index is -1.19. The lowest BCUT2D eigenvalue weighted by molar-refractivity contribution is 0.0621. The van der Waals surface area contributed by atoms with E-state index in [0.29, 0.717) is 5.92 Å². The van der Waals surface area contributed by atoms with Crippen LogP contribution in [0.1, 0.15) is 30.9 Å². The monoisotopic (exact) mass is 234 g/mol. The molecular formula is C14H22OSi. The second-order valence-corrected chi connectivity index (χ2v) is 11.1. The van der Waals surface area contributed by atoms with Crippen LogP contribution in [0.15, 0.2) is 24.3 Å². The van der Waals surface area contributed by atoms with Gasteiger partial charge in [0.05, 0.1) is 14.2 Å². The van der Waals surface area contributed by atoms with Gasteiger partial charge in [0, 0.05) is 0 Å². The Morgan fingerprint density at radius 1 is 1.12 bits per heavy atom. The molecule has 1 saturated carbocycles. The summed E-state index contributed by atoms with van der Waals surface area (Å²) in [6, 6.07) is 8.67. The third-order valence-electron chi connectivity index (χ3n) is 3.71. The molecule has 0 heterocycles. The molecule has 1 fully saturated rings. The van der Waals surface area contributed by atoms with Gasteiger partial charge in [-0.2, -0.15) is 0 Å². The van der Waals surface area contributed by atoms with Crippen molar-refractivity contribution in [3.63, 3.8) is 0 Å². The van der Waals surface area contributed by atoms with Crippen LogP contribution in [0.2, 0.25) is 19.6 Å². The molecule has 1 N–H and O–H groups in total. The molecule has 88 valence electrons. The summed E-state index contributed by atoms with van der Waals surface area (Å²) >= 11 is 0. The average molecular weight is 234 g/mol. The highest BCUT2D eigenvalue weighted by molar-refractivity contribution is 6.88. The van der Waals surface area contributed by atoms with E-state index in [1.165, 1.54) is 24.4 Å². The van der Waals surface area contributed by atoms with Gasteiger partial charge in [-0.3, -0.25) is 0 Å². The molecule has 0 aromatic heterocycles. The number of aliphatic hydroxyl groups is 1. The lowest BCUT2D eigenvalue weighted by Crippen LogP contribution is -2.37. The summed E-state index contributed by atoms with van der Waals surface area (Å²) in [6.07, 6.45) is 3.44. The van der Waals surface area contributed by atoms with Crippen LogP contribution in [0.5, 0.6) is 0 Å². The molecule has 0 spiro atoms. The Bertz CT molecular complexity index is 346. The zero-order valence-electron chi connectivity index (χ0n) is 10.5. The second kappa shape index (κ2) is 4.34. The van der Waals surface area contributed by atoms with E-state index in [1.807, 2.05) is 0 Å². The van der Waals surface area contributed by atoms with E-state index in [-0.39, 0.29) is 6.10 Å². The molecule has 1 unspecified atom stereocenters. The summed E-state index contributed by atoms with van der Waals surface area (Å²) in [5.41, 5.74) is 1.10. The summed E-state index contributed by atoms with van der Waals surface area (Å²) in [6.45, 7) is 7.05. The quantitative estimate of drug-likeness (QED) is 0.797. The maximum absolute atomic E-state index is 10.1. The van der Waals surface area contributed by atoms with Crippen molar-refractivity contribution >= 4 is 13.3 Å². The molecule has 1 atom stereocenters. The molecule has 0 bridgehead atoms. The molecule has 0 amide bonds. The van der Waals surface area contributed by atoms with Crippen LogP contribution in [-0.4, -0.2) is 13.2 Å². The van der Waals surface area contributed by atoms with Crippen LogP contribution < -0.4 is 5.19 Å². The zero-order valence-corrected chi connectivity index (χ0v) is 11.5. The molecule has 1 aromatic carbocycles. The summed E-state index contributed by atoms with van der Waals surface area (Å²) in [7, 11) is -1.19. The Hall–Kier alpha value is -0.603. The highest BCUT2D eigenvalue weighted by Gasteiger charge is 2.27. The van der Waals surface area contributed by atoms with Crippen molar-refractivity contribution in [2.24, 2.45) is 5.92 Å². The molecule has 0 radical (unpaired) electrons. The Balaban J connectivity index is 2.12. The van der Waals surface area contributed by atoms with Crippen LogP contribution >= 0.6 is 0 Å². The van der Waals surface area contributed by atoms with E-state index in [9.17, 15) is 5.11 Å². The highest BCUT2D eigenvalue weighted by Crippen LogP contribution is 2.37. The lowest BCUT2D eigenvalue weighted by Gasteiger charge is -2.30. The van der Waals surface area contributed by atoms with Gasteiger partial charge in [-0.25, -0.2) is 0 Å². The maximum Gasteiger partial charge on any atom is 0.0818 e. The van der Waals surface area contributed by atoms with Crippen molar-refractivity contribution < 1.29 is 5.11 Å². The van der Waals surface area contributed by atoms with Crippen molar-refractivity contribution in [1.29, 1.82) is 0 Å². The molecule has 1 aliphatic rings. The fraction of sp³-hybridized carbons (Fsp3) is 0.571. The van der Waals surface area contributed by atoms with E-state index in [0.717, 1.165) is 5.56 Å². The van der Waals surface area contributed by atoms with Crippen molar-refractivity contribution in [2.75, 3.05) is 0 Å². The Kier molecular flexibility index (Phi) is 3.22. The minimum absolute atomic E-state index is 0.232. The molecule has 1 aliphatic carbocycles. The minimum Gasteiger partial charge on any atom is -0.388 e. The van der Waals surface area contributed by atoms with E-state index in [4.69, 9.17) is 0 Å². The number of benzene rings is 1. The summed E-state index contributed by atoms with van der Waals surface area (Å²) in [5.74, 6) is 0.512. The molecule has 0 aliphatic heterocycles. The van der Waals surface area contributed by atoms with Crippen LogP contribution in [0.4, 0.5) is 0 Å².